The number of nitrogens with zero attached hydrogens (tertiary/aromatic N) is 2. The molecule has 0 spiro atoms. The van der Waals surface area contributed by atoms with Crippen LogP contribution in [0.3, 0.4) is 0 Å². The van der Waals surface area contributed by atoms with E-state index in [0.29, 0.717) is 16.2 Å². The van der Waals surface area contributed by atoms with E-state index >= 15 is 0 Å². The van der Waals surface area contributed by atoms with Gasteiger partial charge in [-0.3, -0.25) is 0 Å². The van der Waals surface area contributed by atoms with Crippen LogP contribution in [0.4, 0.5) is 5.69 Å². The number of methoxy groups -OCH3 is 1. The van der Waals surface area contributed by atoms with Crippen LogP contribution in [0, 0.1) is 6.92 Å². The van der Waals surface area contributed by atoms with E-state index in [4.69, 9.17) is 4.74 Å². The number of aromatic nitrogens is 1. The molecule has 32 heavy (non-hydrogen) atoms. The first-order chi connectivity index (χ1) is 15.1. The monoisotopic (exact) mass is 448 g/mol. The normalized spacial score (nSPS) is 11.7. The summed E-state index contributed by atoms with van der Waals surface area (Å²) in [6.45, 7) is 2.03. The van der Waals surface area contributed by atoms with Crippen molar-refractivity contribution < 1.29 is 13.2 Å². The minimum Gasteiger partial charge on any atom is -0.496 e. The van der Waals surface area contributed by atoms with Gasteiger partial charge in [0.15, 0.2) is 9.84 Å². The van der Waals surface area contributed by atoms with Gasteiger partial charge in [0, 0.05) is 66.4 Å². The number of rotatable bonds is 5. The van der Waals surface area contributed by atoms with Gasteiger partial charge >= 0.3 is 0 Å². The molecule has 0 atom stereocenters. The first kappa shape index (κ1) is 22.0. The highest BCUT2D eigenvalue weighted by Gasteiger charge is 2.27. The van der Waals surface area contributed by atoms with Gasteiger partial charge in [0.1, 0.15) is 5.75 Å². The molecule has 4 aromatic rings. The lowest BCUT2D eigenvalue weighted by molar-refractivity contribution is 0.416. The first-order valence-corrected chi connectivity index (χ1v) is 12.3. The molecule has 0 aliphatic heterocycles. The zero-order valence-electron chi connectivity index (χ0n) is 19.3. The van der Waals surface area contributed by atoms with E-state index in [1.807, 2.05) is 75.4 Å². The summed E-state index contributed by atoms with van der Waals surface area (Å²) < 4.78 is 33.8. The smallest absolute Gasteiger partial charge is 0.176 e. The topological polar surface area (TPSA) is 51.5 Å². The van der Waals surface area contributed by atoms with Crippen LogP contribution in [0.1, 0.15) is 5.69 Å². The lowest BCUT2D eigenvalue weighted by atomic mass is 9.91. The second-order valence-electron chi connectivity index (χ2n) is 8.27. The van der Waals surface area contributed by atoms with Crippen molar-refractivity contribution >= 4 is 26.4 Å². The fraction of sp³-hybridized carbons (Fsp3) is 0.231. The number of sulfone groups is 1. The summed E-state index contributed by atoms with van der Waals surface area (Å²) >= 11 is 0. The standard InChI is InChI=1S/C26H28N2O3S/c1-17-24(20-9-7-8-10-21(20)28(17)4)26-23(32(6,29)30)16-15-22(31-5)25(26)18-11-13-19(14-12-18)27(2)3/h7-16H,1-6H3. The Hall–Kier alpha value is -3.25. The molecule has 0 aliphatic carbocycles. The SMILES string of the molecule is COc1ccc(S(C)(=O)=O)c(-c2c(C)n(C)c3ccccc23)c1-c1ccc(N(C)C)cc1. The van der Waals surface area contributed by atoms with E-state index in [0.717, 1.165) is 39.0 Å². The molecule has 0 saturated carbocycles. The molecule has 6 heteroatoms. The molecular weight excluding hydrogens is 420 g/mol. The third-order valence-corrected chi connectivity index (χ3v) is 7.21. The van der Waals surface area contributed by atoms with Gasteiger partial charge in [0.2, 0.25) is 0 Å². The molecule has 0 fully saturated rings. The summed E-state index contributed by atoms with van der Waals surface area (Å²) in [4.78, 5) is 2.33. The van der Waals surface area contributed by atoms with Crippen molar-refractivity contribution in [3.8, 4) is 28.0 Å². The molecule has 0 aliphatic rings. The quantitative estimate of drug-likeness (QED) is 0.416. The van der Waals surface area contributed by atoms with E-state index in [1.54, 1.807) is 19.2 Å². The van der Waals surface area contributed by atoms with Gasteiger partial charge in [-0.15, -0.1) is 0 Å². The maximum Gasteiger partial charge on any atom is 0.176 e. The van der Waals surface area contributed by atoms with Gasteiger partial charge in [-0.05, 0) is 42.8 Å². The number of aryl methyl sites for hydroxylation is 1. The maximum absolute atomic E-state index is 13.0. The number of hydrogen-bond donors (Lipinski definition) is 0. The summed E-state index contributed by atoms with van der Waals surface area (Å²) in [5.74, 6) is 0.636. The van der Waals surface area contributed by atoms with E-state index in [1.165, 1.54) is 6.26 Å². The summed E-state index contributed by atoms with van der Waals surface area (Å²) in [7, 11) is 4.10. The number of ether oxygens (including phenoxy) is 1. The predicted molar refractivity (Wildman–Crippen MR) is 133 cm³/mol. The lowest BCUT2D eigenvalue weighted by Gasteiger charge is -2.20. The molecular formula is C26H28N2O3S. The van der Waals surface area contributed by atoms with Gasteiger partial charge in [0.25, 0.3) is 0 Å². The summed E-state index contributed by atoms with van der Waals surface area (Å²) in [6, 6.07) is 19.6. The fourth-order valence-corrected chi connectivity index (χ4v) is 5.23. The fourth-order valence-electron chi connectivity index (χ4n) is 4.34. The van der Waals surface area contributed by atoms with Crippen molar-refractivity contribution in [3.05, 3.63) is 66.4 Å². The number of fused-ring (bicyclic) bond motifs is 1. The summed E-state index contributed by atoms with van der Waals surface area (Å²) in [6.07, 6.45) is 1.26. The second-order valence-corrected chi connectivity index (χ2v) is 10.3. The highest BCUT2D eigenvalue weighted by molar-refractivity contribution is 7.90. The van der Waals surface area contributed by atoms with E-state index in [-0.39, 0.29) is 0 Å². The van der Waals surface area contributed by atoms with E-state index in [9.17, 15) is 8.42 Å². The van der Waals surface area contributed by atoms with Crippen LogP contribution < -0.4 is 9.64 Å². The minimum absolute atomic E-state index is 0.296. The van der Waals surface area contributed by atoms with Crippen LogP contribution in [0.15, 0.2) is 65.6 Å². The predicted octanol–water partition coefficient (Wildman–Crippen LogP) is 5.30. The Bertz CT molecular complexity index is 1420. The van der Waals surface area contributed by atoms with Crippen LogP contribution in [0.25, 0.3) is 33.2 Å². The molecule has 4 rings (SSSR count). The Morgan fingerprint density at radius 2 is 1.53 bits per heavy atom. The number of anilines is 1. The molecule has 0 unspecified atom stereocenters. The van der Waals surface area contributed by atoms with Gasteiger partial charge in [-0.1, -0.05) is 30.3 Å². The average molecular weight is 449 g/mol. The molecule has 0 saturated heterocycles. The Labute approximate surface area is 189 Å². The zero-order valence-corrected chi connectivity index (χ0v) is 20.1. The van der Waals surface area contributed by atoms with Gasteiger partial charge in [0.05, 0.1) is 12.0 Å². The third-order valence-electron chi connectivity index (χ3n) is 6.07. The zero-order chi connectivity index (χ0) is 23.2. The number of hydrogen-bond acceptors (Lipinski definition) is 4. The Morgan fingerprint density at radius 3 is 2.12 bits per heavy atom. The summed E-state index contributed by atoms with van der Waals surface area (Å²) in [5, 5.41) is 1.01. The largest absolute Gasteiger partial charge is 0.496 e. The van der Waals surface area contributed by atoms with Crippen LogP contribution in [-0.2, 0) is 16.9 Å². The number of para-hydroxylation sites is 1. The maximum atomic E-state index is 13.0. The summed E-state index contributed by atoms with van der Waals surface area (Å²) in [5.41, 5.74) is 6.38. The minimum atomic E-state index is -3.51. The van der Waals surface area contributed by atoms with Crippen molar-refractivity contribution in [1.82, 2.24) is 4.57 Å². The first-order valence-electron chi connectivity index (χ1n) is 10.4. The molecule has 5 nitrogen and oxygen atoms in total. The van der Waals surface area contributed by atoms with Crippen LogP contribution in [-0.4, -0.2) is 40.4 Å². The molecule has 166 valence electrons. The third kappa shape index (κ3) is 3.54. The van der Waals surface area contributed by atoms with Crippen molar-refractivity contribution in [2.45, 2.75) is 11.8 Å². The second kappa shape index (κ2) is 8.02. The van der Waals surface area contributed by atoms with Crippen molar-refractivity contribution in [2.24, 2.45) is 7.05 Å². The Balaban J connectivity index is 2.18. The van der Waals surface area contributed by atoms with E-state index in [2.05, 4.69) is 10.6 Å². The van der Waals surface area contributed by atoms with Crippen LogP contribution >= 0.6 is 0 Å². The van der Waals surface area contributed by atoms with Gasteiger partial charge in [-0.2, -0.15) is 0 Å². The Kier molecular flexibility index (Phi) is 5.51. The molecule has 1 heterocycles. The van der Waals surface area contributed by atoms with Crippen molar-refractivity contribution in [2.75, 3.05) is 32.4 Å². The highest BCUT2D eigenvalue weighted by atomic mass is 32.2. The van der Waals surface area contributed by atoms with Crippen LogP contribution in [0.2, 0.25) is 0 Å². The molecule has 0 amide bonds. The van der Waals surface area contributed by atoms with Crippen molar-refractivity contribution in [3.63, 3.8) is 0 Å². The number of benzene rings is 3. The average Bonchev–Trinajstić information content (AvgIpc) is 3.02. The highest BCUT2D eigenvalue weighted by Crippen LogP contribution is 2.47. The molecule has 0 bridgehead atoms. The molecule has 0 radical (unpaired) electrons. The van der Waals surface area contributed by atoms with Crippen molar-refractivity contribution in [1.29, 1.82) is 0 Å². The molecule has 0 N–H and O–H groups in total. The van der Waals surface area contributed by atoms with Gasteiger partial charge in [-0.25, -0.2) is 8.42 Å². The van der Waals surface area contributed by atoms with Gasteiger partial charge < -0.3 is 14.2 Å². The molecule has 3 aromatic carbocycles. The Morgan fingerprint density at radius 1 is 0.875 bits per heavy atom. The van der Waals surface area contributed by atoms with E-state index < -0.39 is 9.84 Å². The molecule has 1 aromatic heterocycles. The lowest BCUT2D eigenvalue weighted by Crippen LogP contribution is -2.08. The van der Waals surface area contributed by atoms with Crippen LogP contribution in [0.5, 0.6) is 5.75 Å².